The van der Waals surface area contributed by atoms with Gasteiger partial charge in [0.1, 0.15) is 11.3 Å². The van der Waals surface area contributed by atoms with Crippen molar-refractivity contribution in [3.63, 3.8) is 0 Å². The van der Waals surface area contributed by atoms with E-state index in [1.165, 1.54) is 0 Å². The van der Waals surface area contributed by atoms with E-state index in [0.717, 1.165) is 22.3 Å². The Hall–Kier alpha value is -1.61. The molecule has 1 N–H and O–H groups in total. The minimum absolute atomic E-state index is 0.334. The lowest BCUT2D eigenvalue weighted by Gasteiger charge is -2.10. The van der Waals surface area contributed by atoms with Gasteiger partial charge in [-0.05, 0) is 26.0 Å². The first-order chi connectivity index (χ1) is 8.16. The van der Waals surface area contributed by atoms with Crippen LogP contribution in [0.3, 0.4) is 0 Å². The van der Waals surface area contributed by atoms with E-state index in [4.69, 9.17) is 4.74 Å². The summed E-state index contributed by atoms with van der Waals surface area (Å²) in [5.41, 5.74) is 1.86. The number of ether oxygens (including phenoxy) is 1. The predicted octanol–water partition coefficient (Wildman–Crippen LogP) is 2.69. The molecule has 1 aromatic heterocycles. The van der Waals surface area contributed by atoms with Gasteiger partial charge in [0.2, 0.25) is 0 Å². The summed E-state index contributed by atoms with van der Waals surface area (Å²) in [5, 5.41) is 10.3. The number of pyridine rings is 1. The molecule has 3 heteroatoms. The molecular weight excluding hydrogens is 214 g/mol. The Morgan fingerprint density at radius 1 is 1.29 bits per heavy atom. The van der Waals surface area contributed by atoms with E-state index >= 15 is 0 Å². The van der Waals surface area contributed by atoms with Gasteiger partial charge >= 0.3 is 0 Å². The molecule has 1 atom stereocenters. The van der Waals surface area contributed by atoms with Crippen LogP contribution in [0.4, 0.5) is 0 Å². The lowest BCUT2D eigenvalue weighted by atomic mass is 10.2. The number of nitrogens with zero attached hydrogens (tertiary/aromatic N) is 1. The number of aromatic nitrogens is 1. The van der Waals surface area contributed by atoms with Crippen LogP contribution < -0.4 is 4.74 Å². The molecule has 0 aliphatic carbocycles. The maximum absolute atomic E-state index is 9.19. The number of rotatable bonds is 4. The molecule has 0 fully saturated rings. The molecule has 2 rings (SSSR count). The van der Waals surface area contributed by atoms with E-state index in [-0.39, 0.29) is 6.10 Å². The van der Waals surface area contributed by atoms with Gasteiger partial charge in [0.05, 0.1) is 12.7 Å². The van der Waals surface area contributed by atoms with Crippen LogP contribution in [-0.2, 0) is 0 Å². The molecule has 1 unspecified atom stereocenters. The van der Waals surface area contributed by atoms with Crippen molar-refractivity contribution in [3.05, 3.63) is 36.0 Å². The number of benzene rings is 1. The lowest BCUT2D eigenvalue weighted by molar-refractivity contribution is 0.156. The van der Waals surface area contributed by atoms with Crippen LogP contribution in [0.25, 0.3) is 10.9 Å². The summed E-state index contributed by atoms with van der Waals surface area (Å²) in [4.78, 5) is 4.49. The molecule has 0 bridgehead atoms. The summed E-state index contributed by atoms with van der Waals surface area (Å²) in [6, 6.07) is 9.91. The molecule has 1 aromatic carbocycles. The first kappa shape index (κ1) is 11.9. The van der Waals surface area contributed by atoms with Crippen molar-refractivity contribution in [1.82, 2.24) is 4.98 Å². The van der Waals surface area contributed by atoms with Gasteiger partial charge in [0, 0.05) is 17.5 Å². The summed E-state index contributed by atoms with van der Waals surface area (Å²) in [7, 11) is 0. The second-order valence-electron chi connectivity index (χ2n) is 4.27. The standard InChI is InChI=1S/C14H17NO2/c1-10-6-7-12-4-3-5-13(14(12)15-10)17-9-8-11(2)16/h3-7,11,16H,8-9H2,1-2H3. The zero-order valence-corrected chi connectivity index (χ0v) is 10.2. The van der Waals surface area contributed by atoms with Crippen LogP contribution >= 0.6 is 0 Å². The molecule has 0 radical (unpaired) electrons. The van der Waals surface area contributed by atoms with Gasteiger partial charge in [-0.25, -0.2) is 4.98 Å². The summed E-state index contributed by atoms with van der Waals surface area (Å²) >= 11 is 0. The number of aryl methyl sites for hydroxylation is 1. The zero-order valence-electron chi connectivity index (χ0n) is 10.2. The van der Waals surface area contributed by atoms with Crippen LogP contribution in [0, 0.1) is 6.92 Å². The Morgan fingerprint density at radius 3 is 2.88 bits per heavy atom. The second kappa shape index (κ2) is 5.15. The summed E-state index contributed by atoms with van der Waals surface area (Å²) in [6.07, 6.45) is 0.294. The quantitative estimate of drug-likeness (QED) is 0.879. The Bertz CT molecular complexity index is 509. The molecule has 0 aliphatic heterocycles. The maximum atomic E-state index is 9.19. The van der Waals surface area contributed by atoms with E-state index < -0.39 is 0 Å². The summed E-state index contributed by atoms with van der Waals surface area (Å²) in [6.45, 7) is 4.23. The third-order valence-corrected chi connectivity index (χ3v) is 2.62. The van der Waals surface area contributed by atoms with Gasteiger partial charge in [-0.15, -0.1) is 0 Å². The normalized spacial score (nSPS) is 12.6. The lowest BCUT2D eigenvalue weighted by Crippen LogP contribution is -2.07. The highest BCUT2D eigenvalue weighted by Crippen LogP contribution is 2.24. The Kier molecular flexibility index (Phi) is 3.59. The van der Waals surface area contributed by atoms with Crippen LogP contribution in [0.5, 0.6) is 5.75 Å². The summed E-state index contributed by atoms with van der Waals surface area (Å²) in [5.74, 6) is 0.784. The number of hydrogen-bond donors (Lipinski definition) is 1. The minimum Gasteiger partial charge on any atom is -0.491 e. The van der Waals surface area contributed by atoms with Crippen molar-refractivity contribution < 1.29 is 9.84 Å². The Balaban J connectivity index is 2.24. The molecule has 1 heterocycles. The highest BCUT2D eigenvalue weighted by molar-refractivity contribution is 5.84. The Morgan fingerprint density at radius 2 is 2.12 bits per heavy atom. The van der Waals surface area contributed by atoms with Crippen molar-refractivity contribution in [3.8, 4) is 5.75 Å². The monoisotopic (exact) mass is 231 g/mol. The van der Waals surface area contributed by atoms with Crippen molar-refractivity contribution in [2.45, 2.75) is 26.4 Å². The molecule has 0 saturated carbocycles. The molecular formula is C14H17NO2. The fourth-order valence-electron chi connectivity index (χ4n) is 1.67. The molecule has 0 spiro atoms. The van der Waals surface area contributed by atoms with E-state index in [2.05, 4.69) is 4.98 Å². The largest absolute Gasteiger partial charge is 0.491 e. The first-order valence-electron chi connectivity index (χ1n) is 5.84. The first-order valence-corrected chi connectivity index (χ1v) is 5.84. The topological polar surface area (TPSA) is 42.4 Å². The number of aliphatic hydroxyl groups is 1. The van der Waals surface area contributed by atoms with Gasteiger partial charge in [-0.3, -0.25) is 0 Å². The highest BCUT2D eigenvalue weighted by Gasteiger charge is 2.04. The van der Waals surface area contributed by atoms with Crippen LogP contribution in [0.15, 0.2) is 30.3 Å². The van der Waals surface area contributed by atoms with Crippen molar-refractivity contribution >= 4 is 10.9 Å². The highest BCUT2D eigenvalue weighted by atomic mass is 16.5. The van der Waals surface area contributed by atoms with E-state index in [0.29, 0.717) is 13.0 Å². The predicted molar refractivity (Wildman–Crippen MR) is 68.3 cm³/mol. The van der Waals surface area contributed by atoms with Gasteiger partial charge in [-0.2, -0.15) is 0 Å². The van der Waals surface area contributed by atoms with Crippen LogP contribution in [0.1, 0.15) is 19.0 Å². The smallest absolute Gasteiger partial charge is 0.145 e. The molecule has 0 aliphatic rings. The molecule has 17 heavy (non-hydrogen) atoms. The second-order valence-corrected chi connectivity index (χ2v) is 4.27. The third-order valence-electron chi connectivity index (χ3n) is 2.62. The number of aliphatic hydroxyl groups excluding tert-OH is 1. The molecule has 0 saturated heterocycles. The van der Waals surface area contributed by atoms with Gasteiger partial charge in [0.15, 0.2) is 0 Å². The van der Waals surface area contributed by atoms with Gasteiger partial charge in [-0.1, -0.05) is 18.2 Å². The van der Waals surface area contributed by atoms with E-state index in [1.807, 2.05) is 37.3 Å². The SMILES string of the molecule is Cc1ccc2cccc(OCCC(C)O)c2n1. The number of fused-ring (bicyclic) bond motifs is 1. The van der Waals surface area contributed by atoms with E-state index in [9.17, 15) is 5.11 Å². The van der Waals surface area contributed by atoms with Gasteiger partial charge < -0.3 is 9.84 Å². The fourth-order valence-corrected chi connectivity index (χ4v) is 1.67. The molecule has 3 nitrogen and oxygen atoms in total. The van der Waals surface area contributed by atoms with E-state index in [1.54, 1.807) is 6.92 Å². The van der Waals surface area contributed by atoms with Crippen LogP contribution in [-0.4, -0.2) is 22.8 Å². The number of hydrogen-bond acceptors (Lipinski definition) is 3. The van der Waals surface area contributed by atoms with Crippen molar-refractivity contribution in [2.75, 3.05) is 6.61 Å². The Labute approximate surface area is 101 Å². The zero-order chi connectivity index (χ0) is 12.3. The molecule has 0 amide bonds. The van der Waals surface area contributed by atoms with Crippen LogP contribution in [0.2, 0.25) is 0 Å². The van der Waals surface area contributed by atoms with Gasteiger partial charge in [0.25, 0.3) is 0 Å². The molecule has 90 valence electrons. The summed E-state index contributed by atoms with van der Waals surface area (Å²) < 4.78 is 5.66. The third kappa shape index (κ3) is 2.94. The maximum Gasteiger partial charge on any atom is 0.145 e. The van der Waals surface area contributed by atoms with Crippen molar-refractivity contribution in [1.29, 1.82) is 0 Å². The molecule has 2 aromatic rings. The average molecular weight is 231 g/mol. The number of para-hydroxylation sites is 1. The average Bonchev–Trinajstić information content (AvgIpc) is 2.29. The fraction of sp³-hybridized carbons (Fsp3) is 0.357. The minimum atomic E-state index is -0.334. The van der Waals surface area contributed by atoms with Crippen molar-refractivity contribution in [2.24, 2.45) is 0 Å².